The number of benzene rings is 1. The van der Waals surface area contributed by atoms with E-state index in [9.17, 15) is 4.79 Å². The van der Waals surface area contributed by atoms with Crippen molar-refractivity contribution < 1.29 is 4.79 Å². The lowest BCUT2D eigenvalue weighted by Gasteiger charge is -2.31. The average molecular weight is 285 g/mol. The predicted molar refractivity (Wildman–Crippen MR) is 76.5 cm³/mol. The van der Waals surface area contributed by atoms with E-state index in [0.29, 0.717) is 21.5 Å². The van der Waals surface area contributed by atoms with Crippen molar-refractivity contribution in [2.75, 3.05) is 0 Å². The number of hydrogen-bond donors (Lipinski definition) is 0. The molecule has 1 saturated carbocycles. The minimum Gasteiger partial charge on any atom is -0.294 e. The highest BCUT2D eigenvalue weighted by molar-refractivity contribution is 6.36. The molecule has 1 nitrogen and oxygen atoms in total. The summed E-state index contributed by atoms with van der Waals surface area (Å²) in [6, 6.07) is 5.12. The highest BCUT2D eigenvalue weighted by Crippen LogP contribution is 2.36. The van der Waals surface area contributed by atoms with Crippen LogP contribution in [0, 0.1) is 17.8 Å². The topological polar surface area (TPSA) is 17.1 Å². The summed E-state index contributed by atoms with van der Waals surface area (Å²) < 4.78 is 0. The molecule has 3 unspecified atom stereocenters. The third-order valence-corrected chi connectivity index (χ3v) is 4.71. The number of Topliss-reactive ketones (excluding diaryl/α,β-unsaturated/α-hetero) is 1. The molecule has 0 spiro atoms. The van der Waals surface area contributed by atoms with Gasteiger partial charge in [0.1, 0.15) is 0 Å². The van der Waals surface area contributed by atoms with E-state index < -0.39 is 0 Å². The molecule has 1 aliphatic rings. The van der Waals surface area contributed by atoms with Crippen molar-refractivity contribution in [1.29, 1.82) is 0 Å². The fraction of sp³-hybridized carbons (Fsp3) is 0.533. The molecule has 1 aromatic rings. The zero-order chi connectivity index (χ0) is 13.3. The molecule has 98 valence electrons. The van der Waals surface area contributed by atoms with Crippen molar-refractivity contribution in [2.45, 2.75) is 33.1 Å². The molecule has 0 aliphatic heterocycles. The Labute approximate surface area is 118 Å². The van der Waals surface area contributed by atoms with Crippen molar-refractivity contribution >= 4 is 29.0 Å². The predicted octanol–water partition coefficient (Wildman–Crippen LogP) is 5.25. The first kappa shape index (κ1) is 13.9. The molecule has 2 rings (SSSR count). The van der Waals surface area contributed by atoms with Gasteiger partial charge in [0, 0.05) is 16.5 Å². The molecule has 18 heavy (non-hydrogen) atoms. The summed E-state index contributed by atoms with van der Waals surface area (Å²) in [5.41, 5.74) is 0.618. The fourth-order valence-corrected chi connectivity index (χ4v) is 3.20. The zero-order valence-corrected chi connectivity index (χ0v) is 12.3. The average Bonchev–Trinajstić information content (AvgIpc) is 2.32. The highest BCUT2D eigenvalue weighted by Gasteiger charge is 2.30. The van der Waals surface area contributed by atoms with Gasteiger partial charge in [0.15, 0.2) is 5.78 Å². The molecule has 0 radical (unpaired) electrons. The Kier molecular flexibility index (Phi) is 4.34. The molecule has 1 aliphatic carbocycles. The van der Waals surface area contributed by atoms with Crippen LogP contribution in [0.25, 0.3) is 0 Å². The minimum atomic E-state index is 0.120. The van der Waals surface area contributed by atoms with Crippen molar-refractivity contribution in [3.8, 4) is 0 Å². The summed E-state index contributed by atoms with van der Waals surface area (Å²) >= 11 is 12.0. The molecule has 3 heteroatoms. The first-order chi connectivity index (χ1) is 8.49. The smallest absolute Gasteiger partial charge is 0.167 e. The lowest BCUT2D eigenvalue weighted by molar-refractivity contribution is 0.0838. The molecule has 0 amide bonds. The van der Waals surface area contributed by atoms with Crippen molar-refractivity contribution in [3.63, 3.8) is 0 Å². The van der Waals surface area contributed by atoms with Crippen LogP contribution in [0.1, 0.15) is 43.5 Å². The fourth-order valence-electron chi connectivity index (χ4n) is 2.69. The third-order valence-electron chi connectivity index (χ3n) is 4.17. The molecular weight excluding hydrogens is 267 g/mol. The normalized spacial score (nSPS) is 28.1. The second kappa shape index (κ2) is 5.63. The van der Waals surface area contributed by atoms with Crippen LogP contribution in [0.2, 0.25) is 10.0 Å². The molecule has 1 fully saturated rings. The molecule has 0 saturated heterocycles. The zero-order valence-electron chi connectivity index (χ0n) is 10.7. The van der Waals surface area contributed by atoms with Crippen LogP contribution in [0.3, 0.4) is 0 Å². The highest BCUT2D eigenvalue weighted by atomic mass is 35.5. The quantitative estimate of drug-likeness (QED) is 0.678. The van der Waals surface area contributed by atoms with Gasteiger partial charge >= 0.3 is 0 Å². The van der Waals surface area contributed by atoms with E-state index in [1.807, 2.05) is 0 Å². The summed E-state index contributed by atoms with van der Waals surface area (Å²) in [4.78, 5) is 12.5. The molecular formula is C15H18Cl2O. The Morgan fingerprint density at radius 3 is 2.50 bits per heavy atom. The summed E-state index contributed by atoms with van der Waals surface area (Å²) in [5.74, 6) is 1.62. The summed E-state index contributed by atoms with van der Waals surface area (Å²) in [5, 5.41) is 1.04. The van der Waals surface area contributed by atoms with Crippen LogP contribution in [0.4, 0.5) is 0 Å². The van der Waals surface area contributed by atoms with Gasteiger partial charge in [-0.3, -0.25) is 4.79 Å². The van der Waals surface area contributed by atoms with Gasteiger partial charge in [0.05, 0.1) is 5.02 Å². The maximum atomic E-state index is 12.5. The van der Waals surface area contributed by atoms with E-state index in [1.165, 1.54) is 0 Å². The van der Waals surface area contributed by atoms with Gasteiger partial charge in [0.25, 0.3) is 0 Å². The first-order valence-corrected chi connectivity index (χ1v) is 7.24. The van der Waals surface area contributed by atoms with Crippen molar-refractivity contribution in [3.05, 3.63) is 33.8 Å². The number of halogens is 2. The van der Waals surface area contributed by atoms with Gasteiger partial charge in [0.2, 0.25) is 0 Å². The second-order valence-corrected chi connectivity index (χ2v) is 6.30. The van der Waals surface area contributed by atoms with Gasteiger partial charge in [-0.25, -0.2) is 0 Å². The molecule has 0 N–H and O–H groups in total. The molecule has 0 heterocycles. The van der Waals surface area contributed by atoms with Gasteiger partial charge < -0.3 is 0 Å². The Bertz CT molecular complexity index is 456. The molecule has 1 aromatic carbocycles. The Morgan fingerprint density at radius 2 is 1.89 bits per heavy atom. The maximum Gasteiger partial charge on any atom is 0.167 e. The van der Waals surface area contributed by atoms with Gasteiger partial charge in [-0.2, -0.15) is 0 Å². The number of rotatable bonds is 2. The van der Waals surface area contributed by atoms with Crippen LogP contribution in [0.15, 0.2) is 18.2 Å². The molecule has 0 bridgehead atoms. The SMILES string of the molecule is CC1CCC(C(=O)c2ccc(Cl)cc2Cl)CC1C. The maximum absolute atomic E-state index is 12.5. The molecule has 3 atom stereocenters. The van der Waals surface area contributed by atoms with Crippen molar-refractivity contribution in [1.82, 2.24) is 0 Å². The lowest BCUT2D eigenvalue weighted by atomic mass is 9.73. The van der Waals surface area contributed by atoms with Gasteiger partial charge in [-0.1, -0.05) is 37.0 Å². The Balaban J connectivity index is 2.16. The monoisotopic (exact) mass is 284 g/mol. The van der Waals surface area contributed by atoms with Gasteiger partial charge in [-0.05, 0) is 49.3 Å². The summed E-state index contributed by atoms with van der Waals surface area (Å²) in [7, 11) is 0. The largest absolute Gasteiger partial charge is 0.294 e. The summed E-state index contributed by atoms with van der Waals surface area (Å²) in [6.45, 7) is 4.49. The van der Waals surface area contributed by atoms with Crippen LogP contribution in [-0.4, -0.2) is 5.78 Å². The first-order valence-electron chi connectivity index (χ1n) is 6.48. The number of carbonyl (C=O) groups excluding carboxylic acids is 1. The summed E-state index contributed by atoms with van der Waals surface area (Å²) in [6.07, 6.45) is 3.07. The Morgan fingerprint density at radius 1 is 1.17 bits per heavy atom. The van der Waals surface area contributed by atoms with Crippen molar-refractivity contribution in [2.24, 2.45) is 17.8 Å². The Hall–Kier alpha value is -0.530. The van der Waals surface area contributed by atoms with E-state index >= 15 is 0 Å². The van der Waals surface area contributed by atoms with E-state index in [2.05, 4.69) is 13.8 Å². The molecule has 0 aromatic heterocycles. The van der Waals surface area contributed by atoms with E-state index in [1.54, 1.807) is 18.2 Å². The number of ketones is 1. The lowest BCUT2D eigenvalue weighted by Crippen LogP contribution is -2.26. The van der Waals surface area contributed by atoms with E-state index in [0.717, 1.165) is 25.2 Å². The van der Waals surface area contributed by atoms with Gasteiger partial charge in [-0.15, -0.1) is 0 Å². The standard InChI is InChI=1S/C15H18Cl2O/c1-9-3-4-11(7-10(9)2)15(18)13-6-5-12(16)8-14(13)17/h5-6,8-11H,3-4,7H2,1-2H3. The number of hydrogen-bond acceptors (Lipinski definition) is 1. The minimum absolute atomic E-state index is 0.120. The number of carbonyl (C=O) groups is 1. The van der Waals surface area contributed by atoms with E-state index in [4.69, 9.17) is 23.2 Å². The third kappa shape index (κ3) is 2.89. The van der Waals surface area contributed by atoms with Crippen LogP contribution in [-0.2, 0) is 0 Å². The van der Waals surface area contributed by atoms with Crippen LogP contribution in [0.5, 0.6) is 0 Å². The van der Waals surface area contributed by atoms with Crippen LogP contribution >= 0.6 is 23.2 Å². The van der Waals surface area contributed by atoms with E-state index in [-0.39, 0.29) is 11.7 Å². The van der Waals surface area contributed by atoms with Crippen LogP contribution < -0.4 is 0 Å². The second-order valence-electron chi connectivity index (χ2n) is 5.45.